The molecule has 1 amide bonds. The first-order valence-corrected chi connectivity index (χ1v) is 11.3. The maximum atomic E-state index is 12.7. The van der Waals surface area contributed by atoms with Crippen LogP contribution in [-0.2, 0) is 19.4 Å². The molecule has 0 unspecified atom stereocenters. The summed E-state index contributed by atoms with van der Waals surface area (Å²) >= 11 is 0. The molecule has 0 saturated carbocycles. The highest BCUT2D eigenvalue weighted by Crippen LogP contribution is 2.21. The minimum atomic E-state index is -3.17. The lowest BCUT2D eigenvalue weighted by Crippen LogP contribution is -2.48. The molecule has 156 valence electrons. The second-order valence-corrected chi connectivity index (χ2v) is 9.39. The number of nitrogens with zero attached hydrogens (tertiary/aromatic N) is 1. The maximum Gasteiger partial charge on any atom is 0.374 e. The predicted octanol–water partition coefficient (Wildman–Crippen LogP) is 1.76. The summed E-state index contributed by atoms with van der Waals surface area (Å²) in [6.45, 7) is 3.16. The number of rotatable bonds is 6. The Labute approximate surface area is 168 Å². The van der Waals surface area contributed by atoms with Crippen LogP contribution in [0.1, 0.15) is 37.2 Å². The highest BCUT2D eigenvalue weighted by atomic mass is 32.2. The van der Waals surface area contributed by atoms with E-state index in [1.165, 1.54) is 4.90 Å². The molecule has 1 saturated heterocycles. The van der Waals surface area contributed by atoms with E-state index >= 15 is 0 Å². The number of carbonyl (C=O) groups excluding carboxylic acids is 2. The monoisotopic (exact) mass is 421 g/mol. The van der Waals surface area contributed by atoms with Crippen LogP contribution in [0.3, 0.4) is 0 Å². The van der Waals surface area contributed by atoms with Gasteiger partial charge in [0.2, 0.25) is 5.76 Å². The average Bonchev–Trinajstić information content (AvgIpc) is 3.05. The van der Waals surface area contributed by atoms with Crippen molar-refractivity contribution in [3.8, 4) is 0 Å². The van der Waals surface area contributed by atoms with E-state index in [0.717, 1.165) is 6.07 Å². The molecule has 9 heteroatoms. The summed E-state index contributed by atoms with van der Waals surface area (Å²) in [5.74, 6) is -1.74. The summed E-state index contributed by atoms with van der Waals surface area (Å²) < 4.78 is 34.1. The molecule has 2 heterocycles. The molecule has 3 rings (SSSR count). The topological polar surface area (TPSA) is 111 Å². The molecule has 1 aliphatic rings. The molecule has 2 aromatic rings. The van der Waals surface area contributed by atoms with E-state index in [0.29, 0.717) is 18.2 Å². The fraction of sp³-hybridized carbons (Fsp3) is 0.450. The summed E-state index contributed by atoms with van der Waals surface area (Å²) in [6, 6.07) is 6.90. The van der Waals surface area contributed by atoms with E-state index in [4.69, 9.17) is 9.15 Å². The fourth-order valence-electron chi connectivity index (χ4n) is 3.48. The number of amides is 1. The molecule has 0 bridgehead atoms. The first-order chi connectivity index (χ1) is 13.7. The van der Waals surface area contributed by atoms with Crippen molar-refractivity contribution in [3.63, 3.8) is 0 Å². The summed E-state index contributed by atoms with van der Waals surface area (Å²) in [6.07, 6.45) is 1.00. The molecule has 29 heavy (non-hydrogen) atoms. The highest BCUT2D eigenvalue weighted by Gasteiger charge is 2.36. The number of benzene rings is 1. The second-order valence-electron chi connectivity index (χ2n) is 7.16. The zero-order valence-corrected chi connectivity index (χ0v) is 17.1. The first-order valence-electron chi connectivity index (χ1n) is 9.43. The first kappa shape index (κ1) is 21.0. The van der Waals surface area contributed by atoms with Crippen LogP contribution in [0.5, 0.6) is 0 Å². The molecule has 1 aliphatic heterocycles. The summed E-state index contributed by atoms with van der Waals surface area (Å²) in [5, 5.41) is 0.338. The van der Waals surface area contributed by atoms with Crippen LogP contribution in [0.2, 0.25) is 0 Å². The Bertz CT molecular complexity index is 1090. The molecule has 0 radical (unpaired) electrons. The lowest BCUT2D eigenvalue weighted by molar-refractivity contribution is -0.138. The van der Waals surface area contributed by atoms with Gasteiger partial charge >= 0.3 is 5.97 Å². The number of hydrogen-bond acceptors (Lipinski definition) is 7. The van der Waals surface area contributed by atoms with E-state index in [9.17, 15) is 22.8 Å². The lowest BCUT2D eigenvalue weighted by Gasteiger charge is -2.33. The van der Waals surface area contributed by atoms with Crippen molar-refractivity contribution in [1.29, 1.82) is 0 Å². The molecule has 1 aromatic heterocycles. The highest BCUT2D eigenvalue weighted by molar-refractivity contribution is 7.91. The standard InChI is InChI=1S/C20H23NO7S/c1-3-13(2)21(14-8-9-29(25,26)12-14)19(23)11-27-20(24)18-10-16(22)15-6-4-5-7-17(15)28-18/h4-7,10,13-14H,3,8-9,11-12H2,1-2H3/t13-,14+/m1/s1. The number of ether oxygens (including phenoxy) is 1. The number of esters is 1. The van der Waals surface area contributed by atoms with Gasteiger partial charge in [-0.2, -0.15) is 0 Å². The minimum absolute atomic E-state index is 0.0416. The van der Waals surface area contributed by atoms with Crippen LogP contribution in [-0.4, -0.2) is 55.4 Å². The normalized spacial score (nSPS) is 19.0. The van der Waals surface area contributed by atoms with Gasteiger partial charge in [0.25, 0.3) is 5.91 Å². The second kappa shape index (κ2) is 8.36. The van der Waals surface area contributed by atoms with Gasteiger partial charge in [0.1, 0.15) is 5.58 Å². The average molecular weight is 421 g/mol. The Morgan fingerprint density at radius 2 is 2.03 bits per heavy atom. The number of sulfone groups is 1. The number of fused-ring (bicyclic) bond motifs is 1. The van der Waals surface area contributed by atoms with Crippen molar-refractivity contribution in [2.75, 3.05) is 18.1 Å². The molecule has 1 aromatic carbocycles. The van der Waals surface area contributed by atoms with Gasteiger partial charge in [0, 0.05) is 18.2 Å². The molecular weight excluding hydrogens is 398 g/mol. The van der Waals surface area contributed by atoms with E-state index in [-0.39, 0.29) is 34.3 Å². The van der Waals surface area contributed by atoms with Crippen molar-refractivity contribution in [2.24, 2.45) is 0 Å². The smallest absolute Gasteiger partial charge is 0.374 e. The van der Waals surface area contributed by atoms with Gasteiger partial charge in [-0.15, -0.1) is 0 Å². The fourth-order valence-corrected chi connectivity index (χ4v) is 5.19. The molecule has 8 nitrogen and oxygen atoms in total. The maximum absolute atomic E-state index is 12.7. The quantitative estimate of drug-likeness (QED) is 0.654. The Hall–Kier alpha value is -2.68. The van der Waals surface area contributed by atoms with Crippen LogP contribution in [0.25, 0.3) is 11.0 Å². The molecule has 0 spiro atoms. The Kier molecular flexibility index (Phi) is 6.07. The van der Waals surface area contributed by atoms with Gasteiger partial charge in [-0.1, -0.05) is 19.1 Å². The van der Waals surface area contributed by atoms with Gasteiger partial charge in [-0.05, 0) is 31.9 Å². The van der Waals surface area contributed by atoms with Crippen LogP contribution >= 0.6 is 0 Å². The van der Waals surface area contributed by atoms with E-state index in [1.807, 2.05) is 13.8 Å². The Balaban J connectivity index is 1.72. The zero-order chi connectivity index (χ0) is 21.2. The predicted molar refractivity (Wildman–Crippen MR) is 106 cm³/mol. The van der Waals surface area contributed by atoms with Crippen LogP contribution < -0.4 is 5.43 Å². The molecule has 0 aliphatic carbocycles. The van der Waals surface area contributed by atoms with E-state index in [1.54, 1.807) is 24.3 Å². The van der Waals surface area contributed by atoms with Crippen LogP contribution in [0, 0.1) is 0 Å². The van der Waals surface area contributed by atoms with Crippen molar-refractivity contribution >= 4 is 32.7 Å². The summed E-state index contributed by atoms with van der Waals surface area (Å²) in [5.41, 5.74) is -0.141. The van der Waals surface area contributed by atoms with Crippen molar-refractivity contribution < 1.29 is 27.2 Å². The third-order valence-electron chi connectivity index (χ3n) is 5.12. The van der Waals surface area contributed by atoms with E-state index in [2.05, 4.69) is 0 Å². The molecular formula is C20H23NO7S. The van der Waals surface area contributed by atoms with Gasteiger partial charge in [-0.25, -0.2) is 13.2 Å². The molecule has 0 N–H and O–H groups in total. The zero-order valence-electron chi connectivity index (χ0n) is 16.3. The SMILES string of the molecule is CC[C@@H](C)N(C(=O)COC(=O)c1cc(=O)c2ccccc2o1)[C@H]1CCS(=O)(=O)C1. The van der Waals surface area contributed by atoms with Gasteiger partial charge in [0.15, 0.2) is 21.9 Å². The van der Waals surface area contributed by atoms with E-state index < -0.39 is 34.4 Å². The van der Waals surface area contributed by atoms with Crippen molar-refractivity contribution in [3.05, 3.63) is 46.3 Å². The minimum Gasteiger partial charge on any atom is -0.450 e. The Morgan fingerprint density at radius 1 is 1.31 bits per heavy atom. The third-order valence-corrected chi connectivity index (χ3v) is 6.87. The van der Waals surface area contributed by atoms with Gasteiger partial charge in [0.05, 0.1) is 16.9 Å². The van der Waals surface area contributed by atoms with Gasteiger partial charge in [-0.3, -0.25) is 9.59 Å². The third kappa shape index (κ3) is 4.67. The van der Waals surface area contributed by atoms with Crippen molar-refractivity contribution in [1.82, 2.24) is 4.90 Å². The Morgan fingerprint density at radius 3 is 2.69 bits per heavy atom. The largest absolute Gasteiger partial charge is 0.450 e. The number of hydrogen-bond donors (Lipinski definition) is 0. The number of carbonyl (C=O) groups is 2. The number of para-hydroxylation sites is 1. The molecule has 1 fully saturated rings. The summed E-state index contributed by atoms with van der Waals surface area (Å²) in [4.78, 5) is 38.6. The van der Waals surface area contributed by atoms with Crippen LogP contribution in [0.4, 0.5) is 0 Å². The lowest BCUT2D eigenvalue weighted by atomic mass is 10.1. The molecule has 2 atom stereocenters. The van der Waals surface area contributed by atoms with Crippen LogP contribution in [0.15, 0.2) is 39.5 Å². The van der Waals surface area contributed by atoms with Gasteiger partial charge < -0.3 is 14.1 Å². The summed E-state index contributed by atoms with van der Waals surface area (Å²) in [7, 11) is -3.17. The van der Waals surface area contributed by atoms with Crippen molar-refractivity contribution in [2.45, 2.75) is 38.8 Å².